The van der Waals surface area contributed by atoms with Gasteiger partial charge in [0.2, 0.25) is 0 Å². The topological polar surface area (TPSA) is 73.6 Å². The van der Waals surface area contributed by atoms with E-state index in [1.165, 1.54) is 14.2 Å². The zero-order valence-electron chi connectivity index (χ0n) is 10.8. The molecule has 1 aliphatic rings. The number of anilines is 2. The number of nitrogens with one attached hydrogen (secondary N) is 1. The molecule has 0 amide bonds. The van der Waals surface area contributed by atoms with Crippen LogP contribution in [0.1, 0.15) is 22.5 Å². The van der Waals surface area contributed by atoms with Crippen LogP contribution in [0, 0.1) is 0 Å². The second kappa shape index (κ2) is 4.72. The number of halogens is 3. The maximum absolute atomic E-state index is 12.9. The van der Waals surface area contributed by atoms with E-state index >= 15 is 0 Å². The van der Waals surface area contributed by atoms with E-state index in [2.05, 4.69) is 10.1 Å². The molecule has 1 fully saturated rings. The van der Waals surface area contributed by atoms with Gasteiger partial charge >= 0.3 is 12.1 Å². The summed E-state index contributed by atoms with van der Waals surface area (Å²) in [5, 5.41) is 2.49. The minimum absolute atomic E-state index is 0.0184. The smallest absolute Gasteiger partial charge is 0.411 e. The number of nitrogen functional groups attached to an aromatic ring is 1. The van der Waals surface area contributed by atoms with E-state index in [-0.39, 0.29) is 34.2 Å². The highest BCUT2D eigenvalue weighted by molar-refractivity contribution is 7.19. The lowest BCUT2D eigenvalue weighted by Gasteiger charge is -2.21. The van der Waals surface area contributed by atoms with Crippen molar-refractivity contribution in [2.24, 2.45) is 0 Å². The predicted octanol–water partition coefficient (Wildman–Crippen LogP) is 2.63. The predicted molar refractivity (Wildman–Crippen MR) is 68.3 cm³/mol. The third-order valence-corrected chi connectivity index (χ3v) is 4.20. The number of hydrogen-bond donors (Lipinski definition) is 2. The average Bonchev–Trinajstić information content (AvgIpc) is 3.09. The van der Waals surface area contributed by atoms with Crippen molar-refractivity contribution in [3.8, 4) is 5.75 Å². The molecular formula is C11H13F3N2O3S. The maximum Gasteiger partial charge on any atom is 0.411 e. The van der Waals surface area contributed by atoms with E-state index in [0.29, 0.717) is 0 Å². The zero-order valence-corrected chi connectivity index (χ0v) is 11.6. The summed E-state index contributed by atoms with van der Waals surface area (Å²) in [6.45, 7) is 0. The quantitative estimate of drug-likeness (QED) is 0.836. The summed E-state index contributed by atoms with van der Waals surface area (Å²) in [7, 11) is 2.44. The Morgan fingerprint density at radius 1 is 1.40 bits per heavy atom. The molecule has 112 valence electrons. The Kier molecular flexibility index (Phi) is 3.49. The van der Waals surface area contributed by atoms with Crippen molar-refractivity contribution in [1.82, 2.24) is 0 Å². The van der Waals surface area contributed by atoms with Crippen molar-refractivity contribution < 1.29 is 27.4 Å². The molecule has 0 saturated heterocycles. The van der Waals surface area contributed by atoms with Gasteiger partial charge in [0.25, 0.3) is 0 Å². The van der Waals surface area contributed by atoms with Crippen LogP contribution in [0.25, 0.3) is 0 Å². The number of methoxy groups -OCH3 is 2. The number of alkyl halides is 3. The van der Waals surface area contributed by atoms with Gasteiger partial charge in [-0.2, -0.15) is 13.2 Å². The second-order valence-corrected chi connectivity index (χ2v) is 5.42. The zero-order chi connectivity index (χ0) is 15.1. The SMILES string of the molecule is COC(=O)c1sc(NC2(C(F)(F)F)CC2)c(OC)c1N. The number of nitrogens with two attached hydrogens (primary N) is 1. The Morgan fingerprint density at radius 2 is 2.00 bits per heavy atom. The first-order valence-electron chi connectivity index (χ1n) is 5.65. The van der Waals surface area contributed by atoms with Crippen LogP contribution in [-0.4, -0.2) is 31.9 Å². The fraction of sp³-hybridized carbons (Fsp3) is 0.545. The van der Waals surface area contributed by atoms with E-state index in [1.807, 2.05) is 0 Å². The number of ether oxygens (including phenoxy) is 2. The third-order valence-electron chi connectivity index (χ3n) is 3.12. The molecule has 1 heterocycles. The standard InChI is InChI=1S/C11H13F3N2O3S/c1-18-6-5(15)7(9(17)19-2)20-8(6)16-10(3-4-10)11(12,13)14/h16H,3-4,15H2,1-2H3. The van der Waals surface area contributed by atoms with Gasteiger partial charge in [-0.3, -0.25) is 0 Å². The average molecular weight is 310 g/mol. The van der Waals surface area contributed by atoms with Gasteiger partial charge in [0, 0.05) is 0 Å². The highest BCUT2D eigenvalue weighted by Crippen LogP contribution is 2.54. The number of thiophene rings is 1. The lowest BCUT2D eigenvalue weighted by molar-refractivity contribution is -0.151. The molecule has 9 heteroatoms. The number of carbonyl (C=O) groups is 1. The summed E-state index contributed by atoms with van der Waals surface area (Å²) in [5.74, 6) is -0.679. The van der Waals surface area contributed by atoms with Crippen molar-refractivity contribution >= 4 is 28.0 Å². The molecule has 0 aromatic carbocycles. The number of esters is 1. The molecular weight excluding hydrogens is 297 g/mol. The Hall–Kier alpha value is -1.64. The van der Waals surface area contributed by atoms with Crippen molar-refractivity contribution in [1.29, 1.82) is 0 Å². The first-order valence-corrected chi connectivity index (χ1v) is 6.47. The minimum Gasteiger partial charge on any atom is -0.492 e. The Balaban J connectivity index is 2.36. The molecule has 0 unspecified atom stereocenters. The molecule has 0 spiro atoms. The maximum atomic E-state index is 12.9. The minimum atomic E-state index is -4.37. The van der Waals surface area contributed by atoms with Crippen LogP contribution < -0.4 is 15.8 Å². The van der Waals surface area contributed by atoms with E-state index < -0.39 is 17.7 Å². The Bertz CT molecular complexity index is 538. The molecule has 1 aliphatic carbocycles. The summed E-state index contributed by atoms with van der Waals surface area (Å²) in [5.41, 5.74) is 3.73. The first-order chi connectivity index (χ1) is 9.25. The summed E-state index contributed by atoms with van der Waals surface area (Å²) in [6.07, 6.45) is -4.42. The first kappa shape index (κ1) is 14.8. The summed E-state index contributed by atoms with van der Waals surface area (Å²) < 4.78 is 48.3. The van der Waals surface area contributed by atoms with Gasteiger partial charge in [0.05, 0.1) is 14.2 Å². The largest absolute Gasteiger partial charge is 0.492 e. The molecule has 20 heavy (non-hydrogen) atoms. The van der Waals surface area contributed by atoms with Crippen LogP contribution in [-0.2, 0) is 4.74 Å². The van der Waals surface area contributed by atoms with Gasteiger partial charge in [0.1, 0.15) is 21.1 Å². The highest BCUT2D eigenvalue weighted by atomic mass is 32.1. The molecule has 0 bridgehead atoms. The van der Waals surface area contributed by atoms with E-state index in [9.17, 15) is 18.0 Å². The molecule has 3 N–H and O–H groups in total. The number of rotatable bonds is 4. The van der Waals surface area contributed by atoms with Gasteiger partial charge < -0.3 is 20.5 Å². The van der Waals surface area contributed by atoms with Crippen LogP contribution in [0.4, 0.5) is 23.9 Å². The van der Waals surface area contributed by atoms with Gasteiger partial charge in [-0.05, 0) is 12.8 Å². The molecule has 1 saturated carbocycles. The van der Waals surface area contributed by atoms with E-state index in [1.54, 1.807) is 0 Å². The normalized spacial score (nSPS) is 16.6. The fourth-order valence-electron chi connectivity index (χ4n) is 1.78. The fourth-order valence-corrected chi connectivity index (χ4v) is 2.89. The van der Waals surface area contributed by atoms with Crippen LogP contribution in [0.15, 0.2) is 0 Å². The highest BCUT2D eigenvalue weighted by Gasteiger charge is 2.64. The molecule has 1 aromatic heterocycles. The summed E-state index contributed by atoms with van der Waals surface area (Å²) >= 11 is 0.791. The number of carbonyl (C=O) groups excluding carboxylic acids is 1. The van der Waals surface area contributed by atoms with E-state index in [0.717, 1.165) is 11.3 Å². The summed E-state index contributed by atoms with van der Waals surface area (Å²) in [6, 6.07) is 0. The second-order valence-electron chi connectivity index (χ2n) is 4.40. The monoisotopic (exact) mass is 310 g/mol. The third kappa shape index (κ3) is 2.26. The molecule has 5 nitrogen and oxygen atoms in total. The molecule has 2 rings (SSSR count). The van der Waals surface area contributed by atoms with Crippen molar-refractivity contribution in [2.75, 3.05) is 25.3 Å². The molecule has 0 atom stereocenters. The van der Waals surface area contributed by atoms with E-state index in [4.69, 9.17) is 10.5 Å². The van der Waals surface area contributed by atoms with Crippen molar-refractivity contribution in [3.05, 3.63) is 4.88 Å². The Morgan fingerprint density at radius 3 is 2.40 bits per heavy atom. The lowest BCUT2D eigenvalue weighted by atomic mass is 10.2. The van der Waals surface area contributed by atoms with Gasteiger partial charge in [0.15, 0.2) is 5.75 Å². The van der Waals surface area contributed by atoms with Crippen molar-refractivity contribution in [2.45, 2.75) is 24.6 Å². The lowest BCUT2D eigenvalue weighted by Crippen LogP contribution is -2.38. The van der Waals surface area contributed by atoms with Gasteiger partial charge in [-0.25, -0.2) is 4.79 Å². The van der Waals surface area contributed by atoms with Crippen molar-refractivity contribution in [3.63, 3.8) is 0 Å². The number of hydrogen-bond acceptors (Lipinski definition) is 6. The van der Waals surface area contributed by atoms with Crippen LogP contribution >= 0.6 is 11.3 Å². The van der Waals surface area contributed by atoms with Crippen LogP contribution in [0.2, 0.25) is 0 Å². The van der Waals surface area contributed by atoms with Gasteiger partial charge in [-0.15, -0.1) is 11.3 Å². The Labute approximate surface area is 116 Å². The van der Waals surface area contributed by atoms with Crippen LogP contribution in [0.3, 0.4) is 0 Å². The summed E-state index contributed by atoms with van der Waals surface area (Å²) in [4.78, 5) is 11.5. The molecule has 0 aliphatic heterocycles. The molecule has 1 aromatic rings. The van der Waals surface area contributed by atoms with Gasteiger partial charge in [-0.1, -0.05) is 0 Å². The molecule has 0 radical (unpaired) electrons. The van der Waals surface area contributed by atoms with Crippen LogP contribution in [0.5, 0.6) is 5.75 Å².